The molecule has 1 aliphatic heterocycles. The molecule has 1 aliphatic rings. The molecule has 3 nitrogen and oxygen atoms in total. The van der Waals surface area contributed by atoms with Gasteiger partial charge in [-0.15, -0.1) is 0 Å². The van der Waals surface area contributed by atoms with Crippen LogP contribution < -0.4 is 0 Å². The molecule has 0 unspecified atom stereocenters. The molecule has 0 saturated carbocycles. The molecule has 4 heteroatoms. The standard InChI is InChI=1S/C21H27FN2O/c1-17-7-2-3-8-18(17)15-23-11-6-12-24(14-13-23)16-21(25)19-9-4-5-10-20(19)22/h2-5,7-10,21,25H,6,11-16H2,1H3/t21-/m0/s1. The van der Waals surface area contributed by atoms with Crippen molar-refractivity contribution in [2.24, 2.45) is 0 Å². The van der Waals surface area contributed by atoms with Crippen LogP contribution >= 0.6 is 0 Å². The Bertz CT molecular complexity index is 691. The molecule has 2 aromatic rings. The summed E-state index contributed by atoms with van der Waals surface area (Å²) in [4.78, 5) is 4.72. The Kier molecular flexibility index (Phi) is 6.19. The van der Waals surface area contributed by atoms with E-state index in [9.17, 15) is 9.50 Å². The zero-order valence-electron chi connectivity index (χ0n) is 14.9. The van der Waals surface area contributed by atoms with Crippen molar-refractivity contribution in [3.8, 4) is 0 Å². The molecular weight excluding hydrogens is 315 g/mol. The van der Waals surface area contributed by atoms with Gasteiger partial charge < -0.3 is 5.11 Å². The van der Waals surface area contributed by atoms with Crippen LogP contribution in [0.5, 0.6) is 0 Å². The van der Waals surface area contributed by atoms with Crippen LogP contribution in [0.15, 0.2) is 48.5 Å². The minimum atomic E-state index is -0.774. The summed E-state index contributed by atoms with van der Waals surface area (Å²) in [7, 11) is 0. The van der Waals surface area contributed by atoms with E-state index in [0.717, 1.165) is 39.1 Å². The topological polar surface area (TPSA) is 26.7 Å². The largest absolute Gasteiger partial charge is 0.387 e. The zero-order chi connectivity index (χ0) is 17.6. The maximum Gasteiger partial charge on any atom is 0.129 e. The molecule has 1 N–H and O–H groups in total. The van der Waals surface area contributed by atoms with Crippen molar-refractivity contribution >= 4 is 0 Å². The Morgan fingerprint density at radius 1 is 0.960 bits per heavy atom. The molecule has 1 atom stereocenters. The Morgan fingerprint density at radius 3 is 2.44 bits per heavy atom. The van der Waals surface area contributed by atoms with Crippen LogP contribution in [-0.2, 0) is 6.54 Å². The van der Waals surface area contributed by atoms with Crippen molar-refractivity contribution < 1.29 is 9.50 Å². The van der Waals surface area contributed by atoms with Crippen molar-refractivity contribution in [2.45, 2.75) is 26.0 Å². The van der Waals surface area contributed by atoms with Gasteiger partial charge in [-0.05, 0) is 43.6 Å². The highest BCUT2D eigenvalue weighted by molar-refractivity contribution is 5.25. The second kappa shape index (κ2) is 8.56. The molecule has 1 fully saturated rings. The maximum atomic E-state index is 13.8. The lowest BCUT2D eigenvalue weighted by atomic mass is 10.1. The van der Waals surface area contributed by atoms with E-state index in [1.165, 1.54) is 17.2 Å². The molecule has 1 saturated heterocycles. The summed E-state index contributed by atoms with van der Waals surface area (Å²) in [6.45, 7) is 7.48. The average Bonchev–Trinajstić information content (AvgIpc) is 2.82. The summed E-state index contributed by atoms with van der Waals surface area (Å²) in [5, 5.41) is 10.4. The highest BCUT2D eigenvalue weighted by Crippen LogP contribution is 2.19. The summed E-state index contributed by atoms with van der Waals surface area (Å²) >= 11 is 0. The number of aryl methyl sites for hydroxylation is 1. The fourth-order valence-electron chi connectivity index (χ4n) is 3.48. The minimum Gasteiger partial charge on any atom is -0.387 e. The lowest BCUT2D eigenvalue weighted by Gasteiger charge is -2.24. The van der Waals surface area contributed by atoms with E-state index >= 15 is 0 Å². The third-order valence-corrected chi connectivity index (χ3v) is 5.03. The van der Waals surface area contributed by atoms with Crippen LogP contribution in [0.3, 0.4) is 0 Å². The number of aliphatic hydroxyl groups excluding tert-OH is 1. The first-order valence-electron chi connectivity index (χ1n) is 9.05. The summed E-state index contributed by atoms with van der Waals surface area (Å²) in [5.74, 6) is -0.328. The predicted octanol–water partition coefficient (Wildman–Crippen LogP) is 3.38. The third-order valence-electron chi connectivity index (χ3n) is 5.03. The zero-order valence-corrected chi connectivity index (χ0v) is 14.9. The first-order chi connectivity index (χ1) is 12.1. The van der Waals surface area contributed by atoms with E-state index in [2.05, 4.69) is 41.0 Å². The molecule has 0 amide bonds. The van der Waals surface area contributed by atoms with E-state index in [1.54, 1.807) is 18.2 Å². The van der Waals surface area contributed by atoms with Gasteiger partial charge in [0.1, 0.15) is 5.82 Å². The van der Waals surface area contributed by atoms with E-state index in [1.807, 2.05) is 0 Å². The second-order valence-corrected chi connectivity index (χ2v) is 6.89. The van der Waals surface area contributed by atoms with Crippen molar-refractivity contribution in [1.29, 1.82) is 0 Å². The van der Waals surface area contributed by atoms with E-state index < -0.39 is 6.10 Å². The maximum absolute atomic E-state index is 13.8. The van der Waals surface area contributed by atoms with Crippen LogP contribution in [0.4, 0.5) is 4.39 Å². The number of β-amino-alcohol motifs (C(OH)–C–C–N with tert-alkyl or cyclic N) is 1. The number of benzene rings is 2. The summed E-state index contributed by atoms with van der Waals surface area (Å²) in [5.41, 5.74) is 3.10. The van der Waals surface area contributed by atoms with Gasteiger partial charge in [-0.1, -0.05) is 42.5 Å². The average molecular weight is 342 g/mol. The van der Waals surface area contributed by atoms with Gasteiger partial charge >= 0.3 is 0 Å². The molecule has 3 rings (SSSR count). The molecule has 1 heterocycles. The molecule has 0 aromatic heterocycles. The van der Waals surface area contributed by atoms with Crippen LogP contribution in [0.25, 0.3) is 0 Å². The molecule has 0 bridgehead atoms. The lowest BCUT2D eigenvalue weighted by molar-refractivity contribution is 0.111. The van der Waals surface area contributed by atoms with Crippen molar-refractivity contribution in [2.75, 3.05) is 32.7 Å². The highest BCUT2D eigenvalue weighted by atomic mass is 19.1. The van der Waals surface area contributed by atoms with Crippen LogP contribution in [0.1, 0.15) is 29.2 Å². The van der Waals surface area contributed by atoms with Crippen molar-refractivity contribution in [3.05, 3.63) is 71.0 Å². The Balaban J connectivity index is 1.55. The van der Waals surface area contributed by atoms with E-state index in [4.69, 9.17) is 0 Å². The van der Waals surface area contributed by atoms with Gasteiger partial charge in [0.25, 0.3) is 0 Å². The van der Waals surface area contributed by atoms with Gasteiger partial charge in [0.05, 0.1) is 6.10 Å². The second-order valence-electron chi connectivity index (χ2n) is 6.89. The molecule has 25 heavy (non-hydrogen) atoms. The van der Waals surface area contributed by atoms with Crippen LogP contribution in [-0.4, -0.2) is 47.6 Å². The Morgan fingerprint density at radius 2 is 1.64 bits per heavy atom. The molecule has 2 aromatic carbocycles. The van der Waals surface area contributed by atoms with E-state index in [-0.39, 0.29) is 5.82 Å². The fraction of sp³-hybridized carbons (Fsp3) is 0.429. The quantitative estimate of drug-likeness (QED) is 0.902. The van der Waals surface area contributed by atoms with Gasteiger partial charge in [-0.2, -0.15) is 0 Å². The van der Waals surface area contributed by atoms with E-state index in [0.29, 0.717) is 12.1 Å². The first kappa shape index (κ1) is 18.1. The normalized spacial score (nSPS) is 18.0. The molecule has 0 aliphatic carbocycles. The van der Waals surface area contributed by atoms with Crippen LogP contribution in [0.2, 0.25) is 0 Å². The number of hydrogen-bond acceptors (Lipinski definition) is 3. The van der Waals surface area contributed by atoms with Gasteiger partial charge in [0, 0.05) is 31.7 Å². The summed E-state index contributed by atoms with van der Waals surface area (Å²) in [6.07, 6.45) is 0.291. The van der Waals surface area contributed by atoms with Crippen molar-refractivity contribution in [1.82, 2.24) is 9.80 Å². The first-order valence-corrected chi connectivity index (χ1v) is 9.05. The van der Waals surface area contributed by atoms with Crippen molar-refractivity contribution in [3.63, 3.8) is 0 Å². The lowest BCUT2D eigenvalue weighted by Crippen LogP contribution is -2.33. The summed E-state index contributed by atoms with van der Waals surface area (Å²) in [6, 6.07) is 15.0. The molecule has 0 spiro atoms. The number of hydrogen-bond donors (Lipinski definition) is 1. The van der Waals surface area contributed by atoms with Gasteiger partial charge in [0.15, 0.2) is 0 Å². The fourth-order valence-corrected chi connectivity index (χ4v) is 3.48. The number of halogens is 1. The van der Waals surface area contributed by atoms with Gasteiger partial charge in [0.2, 0.25) is 0 Å². The molecular formula is C21H27FN2O. The van der Waals surface area contributed by atoms with Crippen LogP contribution in [0, 0.1) is 12.7 Å². The molecule has 134 valence electrons. The Hall–Kier alpha value is -1.75. The monoisotopic (exact) mass is 342 g/mol. The third kappa shape index (κ3) is 4.88. The molecule has 0 radical (unpaired) electrons. The summed E-state index contributed by atoms with van der Waals surface area (Å²) < 4.78 is 13.8. The number of rotatable bonds is 5. The minimum absolute atomic E-state index is 0.328. The smallest absolute Gasteiger partial charge is 0.129 e. The SMILES string of the molecule is Cc1ccccc1CN1CCCN(C[C@H](O)c2ccccc2F)CC1. The highest BCUT2D eigenvalue weighted by Gasteiger charge is 2.20. The van der Waals surface area contributed by atoms with Gasteiger partial charge in [-0.25, -0.2) is 4.39 Å². The number of aliphatic hydroxyl groups is 1. The predicted molar refractivity (Wildman–Crippen MR) is 98.9 cm³/mol. The number of nitrogens with zero attached hydrogens (tertiary/aromatic N) is 2. The van der Waals surface area contributed by atoms with Gasteiger partial charge in [-0.3, -0.25) is 9.80 Å². The Labute approximate surface area is 149 Å².